The molecule has 0 bridgehead atoms. The Bertz CT molecular complexity index is 1580. The zero-order valence-electron chi connectivity index (χ0n) is 29.5. The molecular weight excluding hydrogens is 666 g/mol. The van der Waals surface area contributed by atoms with Crippen molar-refractivity contribution in [3.8, 4) is 0 Å². The molecule has 0 amide bonds. The molecule has 2 aliphatic heterocycles. The molecular formula is C36H56ClN5O4S2. The maximum Gasteiger partial charge on any atom is 0.282 e. The minimum absolute atomic E-state index is 0.116. The zero-order valence-corrected chi connectivity index (χ0v) is 31.9. The number of halogens is 1. The molecule has 1 saturated heterocycles. The molecule has 2 fully saturated rings. The van der Waals surface area contributed by atoms with Crippen LogP contribution in [-0.4, -0.2) is 101 Å². The van der Waals surface area contributed by atoms with Gasteiger partial charge in [0.25, 0.3) is 10.2 Å². The topological polar surface area (TPSA) is 84.5 Å². The van der Waals surface area contributed by atoms with E-state index in [1.54, 1.807) is 25.0 Å². The van der Waals surface area contributed by atoms with Crippen molar-refractivity contribution < 1.29 is 16.8 Å². The molecule has 2 aromatic rings. The van der Waals surface area contributed by atoms with E-state index in [2.05, 4.69) is 18.7 Å². The third kappa shape index (κ3) is 9.33. The lowest BCUT2D eigenvalue weighted by atomic mass is 9.88. The number of hydrogen-bond donors (Lipinski definition) is 0. The molecule has 0 N–H and O–H groups in total. The van der Waals surface area contributed by atoms with Gasteiger partial charge in [-0.2, -0.15) is 21.3 Å². The number of fused-ring (bicyclic) bond motifs is 1. The van der Waals surface area contributed by atoms with Crippen molar-refractivity contribution in [2.24, 2.45) is 23.7 Å². The first-order chi connectivity index (χ1) is 22.7. The van der Waals surface area contributed by atoms with Gasteiger partial charge in [0.05, 0.1) is 4.90 Å². The quantitative estimate of drug-likeness (QED) is 0.359. The van der Waals surface area contributed by atoms with Gasteiger partial charge < -0.3 is 9.80 Å². The number of sulfonamides is 1. The van der Waals surface area contributed by atoms with Crippen LogP contribution in [0, 0.1) is 23.7 Å². The van der Waals surface area contributed by atoms with E-state index in [1.165, 1.54) is 32.1 Å². The Morgan fingerprint density at radius 3 is 1.92 bits per heavy atom. The van der Waals surface area contributed by atoms with Gasteiger partial charge in [0.1, 0.15) is 0 Å². The average Bonchev–Trinajstić information content (AvgIpc) is 3.03. The predicted molar refractivity (Wildman–Crippen MR) is 196 cm³/mol. The molecule has 0 spiro atoms. The minimum Gasteiger partial charge on any atom is -0.378 e. The minimum atomic E-state index is -3.82. The van der Waals surface area contributed by atoms with Crippen LogP contribution in [0.2, 0.25) is 5.02 Å². The van der Waals surface area contributed by atoms with E-state index < -0.39 is 20.2 Å². The Hall–Kier alpha value is -1.73. The highest BCUT2D eigenvalue weighted by Gasteiger charge is 2.37. The van der Waals surface area contributed by atoms with Gasteiger partial charge in [-0.15, -0.1) is 0 Å². The van der Waals surface area contributed by atoms with Gasteiger partial charge >= 0.3 is 0 Å². The van der Waals surface area contributed by atoms with Crippen LogP contribution in [0.3, 0.4) is 0 Å². The van der Waals surface area contributed by atoms with Gasteiger partial charge in [0.15, 0.2) is 0 Å². The lowest BCUT2D eigenvalue weighted by molar-refractivity contribution is 0.135. The lowest BCUT2D eigenvalue weighted by Gasteiger charge is -2.39. The largest absolute Gasteiger partial charge is 0.378 e. The highest BCUT2D eigenvalue weighted by Crippen LogP contribution is 2.29. The van der Waals surface area contributed by atoms with Crippen LogP contribution in [0.5, 0.6) is 0 Å². The first-order valence-electron chi connectivity index (χ1n) is 17.7. The Labute approximate surface area is 295 Å². The van der Waals surface area contributed by atoms with Gasteiger partial charge in [-0.3, -0.25) is 0 Å². The number of rotatable bonds is 7. The fraction of sp³-hybridized carbons (Fsp3) is 0.667. The van der Waals surface area contributed by atoms with E-state index >= 15 is 0 Å². The highest BCUT2D eigenvalue weighted by molar-refractivity contribution is 7.89. The summed E-state index contributed by atoms with van der Waals surface area (Å²) >= 11 is 6.24. The van der Waals surface area contributed by atoms with E-state index in [0.29, 0.717) is 43.5 Å². The van der Waals surface area contributed by atoms with Gasteiger partial charge in [0, 0.05) is 83.7 Å². The summed E-state index contributed by atoms with van der Waals surface area (Å²) in [5, 5.41) is 0.663. The number of hydrogen-bond acceptors (Lipinski definition) is 6. The van der Waals surface area contributed by atoms with Crippen molar-refractivity contribution in [2.45, 2.75) is 70.7 Å². The molecule has 48 heavy (non-hydrogen) atoms. The van der Waals surface area contributed by atoms with Gasteiger partial charge in [-0.05, 0) is 90.5 Å². The highest BCUT2D eigenvalue weighted by atomic mass is 35.5. The summed E-state index contributed by atoms with van der Waals surface area (Å²) in [6, 6.07) is 12.7. The average molecular weight is 722 g/mol. The Morgan fingerprint density at radius 1 is 0.729 bits per heavy atom. The monoisotopic (exact) mass is 721 g/mol. The van der Waals surface area contributed by atoms with E-state index in [4.69, 9.17) is 11.6 Å². The summed E-state index contributed by atoms with van der Waals surface area (Å²) in [7, 11) is -3.78. The fourth-order valence-corrected chi connectivity index (χ4v) is 11.6. The van der Waals surface area contributed by atoms with E-state index in [1.807, 2.05) is 56.3 Å². The van der Waals surface area contributed by atoms with Crippen molar-refractivity contribution in [2.75, 3.05) is 71.4 Å². The second-order valence-corrected chi connectivity index (χ2v) is 19.4. The molecule has 2 aromatic carbocycles. The van der Waals surface area contributed by atoms with Gasteiger partial charge in [0.2, 0.25) is 10.0 Å². The molecule has 5 rings (SSSR count). The number of benzene rings is 2. The molecule has 12 heteroatoms. The molecule has 268 valence electrons. The van der Waals surface area contributed by atoms with Crippen molar-refractivity contribution >= 4 is 37.5 Å². The van der Waals surface area contributed by atoms with Crippen molar-refractivity contribution in [1.29, 1.82) is 0 Å². The maximum atomic E-state index is 14.4. The summed E-state index contributed by atoms with van der Waals surface area (Å²) in [5.41, 5.74) is 3.01. The molecule has 1 saturated carbocycles. The van der Waals surface area contributed by atoms with Crippen LogP contribution in [0.1, 0.15) is 64.0 Å². The van der Waals surface area contributed by atoms with Crippen LogP contribution in [0.25, 0.3) is 0 Å². The zero-order chi connectivity index (χ0) is 34.6. The molecule has 0 radical (unpaired) electrons. The summed E-state index contributed by atoms with van der Waals surface area (Å²) < 4.78 is 62.2. The SMILES string of the molecule is C[C@@H]1CN(CC2CCCCC2)C[C@H](C)CN(S(=O)(=O)c2ccc(N(C)C)cc2)C[C@H](C)CN(S(=O)(=O)N2CCc3cc(Cl)ccc3C2)C1. The smallest absolute Gasteiger partial charge is 0.282 e. The van der Waals surface area contributed by atoms with Crippen molar-refractivity contribution in [3.63, 3.8) is 0 Å². The van der Waals surface area contributed by atoms with E-state index in [-0.39, 0.29) is 35.7 Å². The molecule has 0 aromatic heterocycles. The third-order valence-electron chi connectivity index (χ3n) is 10.2. The Balaban J connectivity index is 1.44. The number of anilines is 1. The summed E-state index contributed by atoms with van der Waals surface area (Å²) in [6.07, 6.45) is 6.88. The normalized spacial score (nSPS) is 25.6. The van der Waals surface area contributed by atoms with Crippen LogP contribution >= 0.6 is 11.6 Å². The second kappa shape index (κ2) is 16.1. The van der Waals surface area contributed by atoms with E-state index in [0.717, 1.165) is 36.4 Å². The summed E-state index contributed by atoms with van der Waals surface area (Å²) in [6.45, 7) is 10.8. The summed E-state index contributed by atoms with van der Waals surface area (Å²) in [5.74, 6) is 0.643. The van der Waals surface area contributed by atoms with Crippen LogP contribution < -0.4 is 4.90 Å². The van der Waals surface area contributed by atoms with Crippen molar-refractivity contribution in [1.82, 2.24) is 17.8 Å². The summed E-state index contributed by atoms with van der Waals surface area (Å²) in [4.78, 5) is 4.71. The predicted octanol–water partition coefficient (Wildman–Crippen LogP) is 5.81. The first-order valence-corrected chi connectivity index (χ1v) is 21.0. The van der Waals surface area contributed by atoms with Crippen LogP contribution in [0.15, 0.2) is 47.4 Å². The standard InChI is InChI=1S/C36H56ClN5O4S2/c1-28-20-39(26-31-9-7-6-8-10-31)21-29(2)24-42(48(45,46)40-18-17-32-19-34(37)12-11-33(32)27-40)25-30(3)23-41(22-28)47(43,44)36-15-13-35(14-16-36)38(4)5/h11-16,19,28-31H,6-10,17-18,20-27H2,1-5H3/t28-,29+,30-/m0/s1. The molecule has 9 nitrogen and oxygen atoms in total. The molecule has 2 heterocycles. The Morgan fingerprint density at radius 2 is 1.31 bits per heavy atom. The molecule has 1 aliphatic carbocycles. The first kappa shape index (κ1) is 37.5. The fourth-order valence-electron chi connectivity index (χ4n) is 7.86. The van der Waals surface area contributed by atoms with Crippen molar-refractivity contribution in [3.05, 3.63) is 58.6 Å². The van der Waals surface area contributed by atoms with Crippen LogP contribution in [0.4, 0.5) is 5.69 Å². The second-order valence-electron chi connectivity index (χ2n) is 15.1. The molecule has 3 atom stereocenters. The van der Waals surface area contributed by atoms with Gasteiger partial charge in [-0.25, -0.2) is 8.42 Å². The van der Waals surface area contributed by atoms with Gasteiger partial charge in [-0.1, -0.05) is 57.7 Å². The third-order valence-corrected chi connectivity index (χ3v) is 14.2. The Kier molecular flexibility index (Phi) is 12.6. The molecule has 0 unspecified atom stereocenters. The van der Waals surface area contributed by atoms with Crippen LogP contribution in [-0.2, 0) is 33.2 Å². The maximum absolute atomic E-state index is 14.4. The number of nitrogens with zero attached hydrogens (tertiary/aromatic N) is 5. The molecule has 3 aliphatic rings. The van der Waals surface area contributed by atoms with E-state index in [9.17, 15) is 16.8 Å². The lowest BCUT2D eigenvalue weighted by Crippen LogP contribution is -2.51.